The number of benzene rings is 1. The van der Waals surface area contributed by atoms with Gasteiger partial charge in [-0.3, -0.25) is 4.79 Å². The van der Waals surface area contributed by atoms with Gasteiger partial charge in [0.25, 0.3) is 0 Å². The predicted molar refractivity (Wildman–Crippen MR) is 88.9 cm³/mol. The number of rotatable bonds is 4. The second-order valence-electron chi connectivity index (χ2n) is 4.75. The molecule has 0 atom stereocenters. The van der Waals surface area contributed by atoms with E-state index in [0.717, 1.165) is 11.4 Å². The van der Waals surface area contributed by atoms with Gasteiger partial charge in [-0.25, -0.2) is 0 Å². The maximum atomic E-state index is 12.2. The molecule has 2 aromatic rings. The van der Waals surface area contributed by atoms with Crippen LogP contribution in [0.25, 0.3) is 0 Å². The van der Waals surface area contributed by atoms with Gasteiger partial charge in [0, 0.05) is 34.5 Å². The standard InChI is InChI=1S/C15H14BrCl2NO2/c1-8-4-10(9(2)19(8)3)14(20)7-21-15-6-12(17)11(16)5-13(15)18/h4-6H,7H2,1-3H3. The Morgan fingerprint density at radius 2 is 1.90 bits per heavy atom. The maximum Gasteiger partial charge on any atom is 0.202 e. The largest absolute Gasteiger partial charge is 0.484 e. The number of carbonyl (C=O) groups excluding carboxylic acids is 1. The molecule has 2 rings (SSSR count). The van der Waals surface area contributed by atoms with Crippen molar-refractivity contribution < 1.29 is 9.53 Å². The molecule has 1 aromatic carbocycles. The zero-order valence-electron chi connectivity index (χ0n) is 11.8. The average Bonchev–Trinajstić information content (AvgIpc) is 2.69. The lowest BCUT2D eigenvalue weighted by atomic mass is 10.1. The van der Waals surface area contributed by atoms with E-state index >= 15 is 0 Å². The summed E-state index contributed by atoms with van der Waals surface area (Å²) in [5, 5.41) is 0.883. The predicted octanol–water partition coefficient (Wildman–Crippen LogP) is 4.97. The average molecular weight is 391 g/mol. The lowest BCUT2D eigenvalue weighted by Crippen LogP contribution is -2.12. The first-order valence-electron chi connectivity index (χ1n) is 6.24. The van der Waals surface area contributed by atoms with Crippen LogP contribution in [0.1, 0.15) is 21.7 Å². The number of halogens is 3. The molecule has 1 aromatic heterocycles. The van der Waals surface area contributed by atoms with Crippen LogP contribution in [-0.2, 0) is 7.05 Å². The molecule has 3 nitrogen and oxygen atoms in total. The molecule has 0 spiro atoms. The van der Waals surface area contributed by atoms with Gasteiger partial charge in [0.05, 0.1) is 10.0 Å². The van der Waals surface area contributed by atoms with Gasteiger partial charge >= 0.3 is 0 Å². The van der Waals surface area contributed by atoms with Crippen LogP contribution >= 0.6 is 39.1 Å². The fourth-order valence-corrected chi connectivity index (χ4v) is 2.82. The Bertz CT molecular complexity index is 710. The Hall–Kier alpha value is -0.970. The van der Waals surface area contributed by atoms with Gasteiger partial charge in [0.2, 0.25) is 5.78 Å². The first-order valence-corrected chi connectivity index (χ1v) is 7.79. The Balaban J connectivity index is 2.15. The molecule has 1 heterocycles. The normalized spacial score (nSPS) is 10.8. The number of aromatic nitrogens is 1. The van der Waals surface area contributed by atoms with Gasteiger partial charge in [0.15, 0.2) is 6.61 Å². The van der Waals surface area contributed by atoms with Crippen LogP contribution in [0.4, 0.5) is 0 Å². The van der Waals surface area contributed by atoms with E-state index in [9.17, 15) is 4.79 Å². The van der Waals surface area contributed by atoms with Crippen LogP contribution in [-0.4, -0.2) is 17.0 Å². The highest BCUT2D eigenvalue weighted by atomic mass is 79.9. The summed E-state index contributed by atoms with van der Waals surface area (Å²) in [5.41, 5.74) is 2.61. The van der Waals surface area contributed by atoms with Gasteiger partial charge in [-0.1, -0.05) is 23.2 Å². The van der Waals surface area contributed by atoms with Crippen LogP contribution < -0.4 is 4.74 Å². The maximum absolute atomic E-state index is 12.2. The van der Waals surface area contributed by atoms with Crippen molar-refractivity contribution in [3.05, 3.63) is 49.7 Å². The molecule has 0 amide bonds. The monoisotopic (exact) mass is 389 g/mol. The summed E-state index contributed by atoms with van der Waals surface area (Å²) in [6, 6.07) is 5.09. The van der Waals surface area contributed by atoms with Crippen molar-refractivity contribution >= 4 is 44.9 Å². The second kappa shape index (κ2) is 6.42. The van der Waals surface area contributed by atoms with E-state index in [1.54, 1.807) is 12.1 Å². The molecule has 21 heavy (non-hydrogen) atoms. The second-order valence-corrected chi connectivity index (χ2v) is 6.42. The van der Waals surface area contributed by atoms with Gasteiger partial charge in [0.1, 0.15) is 5.75 Å². The van der Waals surface area contributed by atoms with Gasteiger partial charge in [-0.15, -0.1) is 0 Å². The van der Waals surface area contributed by atoms with E-state index in [2.05, 4.69) is 15.9 Å². The molecule has 0 aliphatic rings. The summed E-state index contributed by atoms with van der Waals surface area (Å²) in [7, 11) is 1.92. The first kappa shape index (κ1) is 16.4. The summed E-state index contributed by atoms with van der Waals surface area (Å²) in [6.07, 6.45) is 0. The molecule has 0 N–H and O–H groups in total. The minimum absolute atomic E-state index is 0.0814. The molecular weight excluding hydrogens is 377 g/mol. The van der Waals surface area contributed by atoms with E-state index in [1.807, 2.05) is 31.5 Å². The van der Waals surface area contributed by atoms with Crippen molar-refractivity contribution in [1.82, 2.24) is 4.57 Å². The first-order chi connectivity index (χ1) is 9.81. The SMILES string of the molecule is Cc1cc(C(=O)COc2cc(Cl)c(Br)cc2Cl)c(C)n1C. The fourth-order valence-electron chi connectivity index (χ4n) is 1.97. The van der Waals surface area contributed by atoms with Crippen LogP contribution in [0, 0.1) is 13.8 Å². The highest BCUT2D eigenvalue weighted by Gasteiger charge is 2.15. The molecule has 0 radical (unpaired) electrons. The smallest absolute Gasteiger partial charge is 0.202 e. The number of ketones is 1. The summed E-state index contributed by atoms with van der Waals surface area (Å²) >= 11 is 15.3. The number of Topliss-reactive ketones (excluding diaryl/α,β-unsaturated/α-hetero) is 1. The number of carbonyl (C=O) groups is 1. The van der Waals surface area contributed by atoms with Gasteiger partial charge in [-0.05, 0) is 41.9 Å². The topological polar surface area (TPSA) is 31.2 Å². The van der Waals surface area contributed by atoms with Crippen LogP contribution in [0.3, 0.4) is 0 Å². The van der Waals surface area contributed by atoms with E-state index in [1.165, 1.54) is 0 Å². The van der Waals surface area contributed by atoms with Crippen molar-refractivity contribution in [3.63, 3.8) is 0 Å². The zero-order valence-corrected chi connectivity index (χ0v) is 14.9. The number of aryl methyl sites for hydroxylation is 1. The Kier molecular flexibility index (Phi) is 5.02. The summed E-state index contributed by atoms with van der Waals surface area (Å²) in [5.74, 6) is 0.301. The van der Waals surface area contributed by atoms with E-state index in [4.69, 9.17) is 27.9 Å². The zero-order chi connectivity index (χ0) is 15.7. The quantitative estimate of drug-likeness (QED) is 0.544. The lowest BCUT2D eigenvalue weighted by molar-refractivity contribution is 0.0921. The minimum atomic E-state index is -0.0914. The van der Waals surface area contributed by atoms with E-state index in [-0.39, 0.29) is 12.4 Å². The molecule has 112 valence electrons. The summed E-state index contributed by atoms with van der Waals surface area (Å²) in [4.78, 5) is 12.2. The number of ether oxygens (including phenoxy) is 1. The van der Waals surface area contributed by atoms with Crippen LogP contribution in [0.5, 0.6) is 5.75 Å². The van der Waals surface area contributed by atoms with Crippen molar-refractivity contribution in [2.75, 3.05) is 6.61 Å². The Morgan fingerprint density at radius 3 is 2.48 bits per heavy atom. The molecule has 0 fully saturated rings. The lowest BCUT2D eigenvalue weighted by Gasteiger charge is -2.09. The third kappa shape index (κ3) is 3.44. The molecule has 0 unspecified atom stereocenters. The van der Waals surface area contributed by atoms with Crippen LogP contribution in [0.2, 0.25) is 10.0 Å². The highest BCUT2D eigenvalue weighted by molar-refractivity contribution is 9.10. The third-order valence-electron chi connectivity index (χ3n) is 3.41. The Labute approximate surface area is 141 Å². The van der Waals surface area contributed by atoms with Crippen molar-refractivity contribution in [2.45, 2.75) is 13.8 Å². The van der Waals surface area contributed by atoms with Crippen molar-refractivity contribution in [2.24, 2.45) is 7.05 Å². The minimum Gasteiger partial charge on any atom is -0.484 e. The third-order valence-corrected chi connectivity index (χ3v) is 4.90. The summed E-state index contributed by atoms with van der Waals surface area (Å²) < 4.78 is 8.15. The number of hydrogen-bond acceptors (Lipinski definition) is 2. The van der Waals surface area contributed by atoms with E-state index in [0.29, 0.717) is 25.8 Å². The summed E-state index contributed by atoms with van der Waals surface area (Å²) in [6.45, 7) is 3.78. The molecule has 0 aliphatic carbocycles. The van der Waals surface area contributed by atoms with Crippen molar-refractivity contribution in [3.8, 4) is 5.75 Å². The van der Waals surface area contributed by atoms with Crippen molar-refractivity contribution in [1.29, 1.82) is 0 Å². The molecule has 0 saturated heterocycles. The molecule has 0 saturated carbocycles. The Morgan fingerprint density at radius 1 is 1.24 bits per heavy atom. The van der Waals surface area contributed by atoms with E-state index < -0.39 is 0 Å². The number of hydrogen-bond donors (Lipinski definition) is 0. The fraction of sp³-hybridized carbons (Fsp3) is 0.267. The van der Waals surface area contributed by atoms with Gasteiger partial charge in [-0.2, -0.15) is 0 Å². The van der Waals surface area contributed by atoms with Gasteiger partial charge < -0.3 is 9.30 Å². The molecule has 0 bridgehead atoms. The molecule has 0 aliphatic heterocycles. The molecular formula is C15H14BrCl2NO2. The molecule has 6 heteroatoms. The number of nitrogens with zero attached hydrogens (tertiary/aromatic N) is 1. The van der Waals surface area contributed by atoms with Crippen LogP contribution in [0.15, 0.2) is 22.7 Å². The highest BCUT2D eigenvalue weighted by Crippen LogP contribution is 2.34.